The van der Waals surface area contributed by atoms with Crippen molar-refractivity contribution in [2.45, 2.75) is 25.0 Å². The molecular weight excluding hydrogens is 335 g/mol. The number of hydrogen-bond acceptors (Lipinski definition) is 5. The van der Waals surface area contributed by atoms with Crippen LogP contribution in [0.25, 0.3) is 0 Å². The lowest BCUT2D eigenvalue weighted by Crippen LogP contribution is -2.39. The number of aliphatic hydroxyl groups is 1. The number of rotatable bonds is 5. The van der Waals surface area contributed by atoms with Crippen molar-refractivity contribution in [3.05, 3.63) is 72.1 Å². The number of benzene rings is 1. The van der Waals surface area contributed by atoms with Gasteiger partial charge in [-0.05, 0) is 12.1 Å². The molecule has 3 rings (SSSR count). The summed E-state index contributed by atoms with van der Waals surface area (Å²) in [7, 11) is 0. The van der Waals surface area contributed by atoms with Gasteiger partial charge in [0, 0.05) is 5.92 Å². The Labute approximate surface area is 141 Å². The topological polar surface area (TPSA) is 76.7 Å². The Balaban J connectivity index is 2.17. The molecule has 6 nitrogen and oxygen atoms in total. The van der Waals surface area contributed by atoms with E-state index in [1.165, 1.54) is 30.3 Å². The Morgan fingerprint density at radius 3 is 2.44 bits per heavy atom. The zero-order valence-electron chi connectivity index (χ0n) is 13.1. The summed E-state index contributed by atoms with van der Waals surface area (Å²) in [6.45, 7) is 1.07. The molecule has 9 heteroatoms. The molecule has 1 aromatic carbocycles. The summed E-state index contributed by atoms with van der Waals surface area (Å²) in [5.41, 5.74) is -2.92. The Morgan fingerprint density at radius 1 is 1.12 bits per heavy atom. The van der Waals surface area contributed by atoms with Crippen LogP contribution in [0.5, 0.6) is 0 Å². The van der Waals surface area contributed by atoms with Crippen molar-refractivity contribution in [3.8, 4) is 0 Å². The van der Waals surface area contributed by atoms with E-state index in [9.17, 15) is 18.3 Å². The second-order valence-electron chi connectivity index (χ2n) is 5.59. The number of aromatic nitrogens is 5. The Kier molecular flexibility index (Phi) is 4.49. The van der Waals surface area contributed by atoms with Gasteiger partial charge < -0.3 is 5.11 Å². The van der Waals surface area contributed by atoms with Crippen molar-refractivity contribution in [2.24, 2.45) is 0 Å². The number of hydrogen-bond donors (Lipinski definition) is 1. The molecule has 0 aliphatic carbocycles. The molecule has 3 aromatic rings. The number of halogens is 3. The Bertz CT molecular complexity index is 854. The quantitative estimate of drug-likeness (QED) is 0.764. The van der Waals surface area contributed by atoms with E-state index >= 15 is 0 Å². The summed E-state index contributed by atoms with van der Waals surface area (Å²) in [6.07, 6.45) is 4.52. The molecule has 0 saturated heterocycles. The summed E-state index contributed by atoms with van der Waals surface area (Å²) in [6, 6.07) is 3.22. The van der Waals surface area contributed by atoms with E-state index in [0.717, 1.165) is 24.7 Å². The highest BCUT2D eigenvalue weighted by Gasteiger charge is 2.43. The van der Waals surface area contributed by atoms with Gasteiger partial charge in [-0.1, -0.05) is 13.0 Å². The van der Waals surface area contributed by atoms with Crippen LogP contribution in [0.15, 0.2) is 43.4 Å². The van der Waals surface area contributed by atoms with Crippen molar-refractivity contribution in [3.63, 3.8) is 0 Å². The summed E-state index contributed by atoms with van der Waals surface area (Å²) < 4.78 is 44.1. The SMILES string of the molecule is CC(c1ncncc1F)C(O)(Cn1cncn1)c1c(F)cccc1F. The minimum absolute atomic E-state index is 0.166. The molecule has 0 bridgehead atoms. The normalized spacial score (nSPS) is 14.9. The lowest BCUT2D eigenvalue weighted by molar-refractivity contribution is -0.0165. The zero-order valence-corrected chi connectivity index (χ0v) is 13.1. The molecule has 130 valence electrons. The van der Waals surface area contributed by atoms with Gasteiger partial charge in [-0.3, -0.25) is 0 Å². The minimum Gasteiger partial charge on any atom is -0.382 e. The van der Waals surface area contributed by atoms with Crippen molar-refractivity contribution in [2.75, 3.05) is 0 Å². The van der Waals surface area contributed by atoms with Gasteiger partial charge in [-0.2, -0.15) is 5.10 Å². The van der Waals surface area contributed by atoms with Gasteiger partial charge >= 0.3 is 0 Å². The van der Waals surface area contributed by atoms with Crippen LogP contribution in [0, 0.1) is 17.5 Å². The van der Waals surface area contributed by atoms with Crippen molar-refractivity contribution in [1.82, 2.24) is 24.7 Å². The van der Waals surface area contributed by atoms with E-state index in [1.54, 1.807) is 0 Å². The van der Waals surface area contributed by atoms with Crippen LogP contribution < -0.4 is 0 Å². The average Bonchev–Trinajstić information content (AvgIpc) is 3.07. The number of nitrogens with zero attached hydrogens (tertiary/aromatic N) is 5. The van der Waals surface area contributed by atoms with Crippen LogP contribution in [-0.4, -0.2) is 29.8 Å². The first-order valence-corrected chi connectivity index (χ1v) is 7.38. The van der Waals surface area contributed by atoms with Crippen LogP contribution in [0.4, 0.5) is 13.2 Å². The van der Waals surface area contributed by atoms with Gasteiger partial charge in [0.1, 0.15) is 36.2 Å². The van der Waals surface area contributed by atoms with E-state index in [4.69, 9.17) is 0 Å². The third-order valence-corrected chi connectivity index (χ3v) is 4.09. The summed E-state index contributed by atoms with van der Waals surface area (Å²) >= 11 is 0. The first-order chi connectivity index (χ1) is 11.9. The van der Waals surface area contributed by atoms with Gasteiger partial charge in [0.05, 0.1) is 24.0 Å². The van der Waals surface area contributed by atoms with Crippen LogP contribution in [0.2, 0.25) is 0 Å². The van der Waals surface area contributed by atoms with E-state index in [0.29, 0.717) is 0 Å². The fourth-order valence-corrected chi connectivity index (χ4v) is 2.77. The maximum absolute atomic E-state index is 14.4. The summed E-state index contributed by atoms with van der Waals surface area (Å²) in [5.74, 6) is -3.80. The highest BCUT2D eigenvalue weighted by Crippen LogP contribution is 2.40. The highest BCUT2D eigenvalue weighted by atomic mass is 19.1. The molecule has 2 atom stereocenters. The first kappa shape index (κ1) is 17.0. The van der Waals surface area contributed by atoms with Gasteiger partial charge in [0.15, 0.2) is 5.82 Å². The molecule has 25 heavy (non-hydrogen) atoms. The second-order valence-corrected chi connectivity index (χ2v) is 5.59. The predicted molar refractivity (Wildman–Crippen MR) is 80.7 cm³/mol. The Morgan fingerprint density at radius 2 is 1.84 bits per heavy atom. The molecular formula is C16H14F3N5O. The third kappa shape index (κ3) is 3.10. The molecule has 2 unspecified atom stereocenters. The van der Waals surface area contributed by atoms with Gasteiger partial charge in [-0.15, -0.1) is 0 Å². The standard InChI is InChI=1S/C16H14F3N5O/c1-10(15-13(19)5-20-7-22-15)16(25,6-24-9-21-8-23-24)14-11(17)3-2-4-12(14)18/h2-5,7-10,25H,6H2,1H3. The van der Waals surface area contributed by atoms with Crippen LogP contribution in [0.1, 0.15) is 24.1 Å². The van der Waals surface area contributed by atoms with Gasteiger partial charge in [0.2, 0.25) is 0 Å². The summed E-state index contributed by atoms with van der Waals surface area (Å²) in [4.78, 5) is 11.1. The molecule has 0 saturated carbocycles. The van der Waals surface area contributed by atoms with Gasteiger partial charge in [-0.25, -0.2) is 32.8 Å². The van der Waals surface area contributed by atoms with E-state index in [-0.39, 0.29) is 12.2 Å². The van der Waals surface area contributed by atoms with E-state index < -0.39 is 34.5 Å². The molecule has 0 aliphatic heterocycles. The molecule has 0 aliphatic rings. The molecule has 2 aromatic heterocycles. The highest BCUT2D eigenvalue weighted by molar-refractivity contribution is 5.31. The third-order valence-electron chi connectivity index (χ3n) is 4.09. The lowest BCUT2D eigenvalue weighted by Gasteiger charge is -2.34. The Hall–Kier alpha value is -2.81. The zero-order chi connectivity index (χ0) is 18.0. The molecule has 2 heterocycles. The van der Waals surface area contributed by atoms with E-state index in [2.05, 4.69) is 20.1 Å². The summed E-state index contributed by atoms with van der Waals surface area (Å²) in [5, 5.41) is 15.1. The molecule has 0 fully saturated rings. The molecule has 1 N–H and O–H groups in total. The van der Waals surface area contributed by atoms with Crippen molar-refractivity contribution < 1.29 is 18.3 Å². The maximum Gasteiger partial charge on any atom is 0.163 e. The van der Waals surface area contributed by atoms with Crippen LogP contribution in [0.3, 0.4) is 0 Å². The largest absolute Gasteiger partial charge is 0.382 e. The predicted octanol–water partition coefficient (Wildman–Crippen LogP) is 2.18. The van der Waals surface area contributed by atoms with E-state index in [1.807, 2.05) is 0 Å². The monoisotopic (exact) mass is 349 g/mol. The average molecular weight is 349 g/mol. The lowest BCUT2D eigenvalue weighted by atomic mass is 9.79. The minimum atomic E-state index is -2.17. The first-order valence-electron chi connectivity index (χ1n) is 7.38. The van der Waals surface area contributed by atoms with Gasteiger partial charge in [0.25, 0.3) is 0 Å². The fraction of sp³-hybridized carbons (Fsp3) is 0.250. The van der Waals surface area contributed by atoms with Crippen LogP contribution >= 0.6 is 0 Å². The van der Waals surface area contributed by atoms with Crippen molar-refractivity contribution in [1.29, 1.82) is 0 Å². The molecule has 0 amide bonds. The van der Waals surface area contributed by atoms with Crippen LogP contribution in [-0.2, 0) is 12.1 Å². The maximum atomic E-state index is 14.4. The smallest absolute Gasteiger partial charge is 0.163 e. The van der Waals surface area contributed by atoms with Crippen molar-refractivity contribution >= 4 is 0 Å². The second kappa shape index (κ2) is 6.60. The molecule has 0 spiro atoms. The fourth-order valence-electron chi connectivity index (χ4n) is 2.77. The molecule has 0 radical (unpaired) electrons.